The van der Waals surface area contributed by atoms with Gasteiger partial charge in [-0.3, -0.25) is 9.52 Å². The highest BCUT2D eigenvalue weighted by atomic mass is 32.2. The lowest BCUT2D eigenvalue weighted by atomic mass is 9.84. The van der Waals surface area contributed by atoms with Crippen LogP contribution in [-0.4, -0.2) is 45.7 Å². The maximum Gasteiger partial charge on any atom is 0.341 e. The molecule has 37 heavy (non-hydrogen) atoms. The van der Waals surface area contributed by atoms with Crippen molar-refractivity contribution in [2.24, 2.45) is 17.8 Å². The number of nitrogens with one attached hydrogen (secondary N) is 2. The first kappa shape index (κ1) is 25.4. The fourth-order valence-electron chi connectivity index (χ4n) is 5.78. The fourth-order valence-corrected chi connectivity index (χ4v) is 6.87. The van der Waals surface area contributed by atoms with Crippen molar-refractivity contribution in [3.63, 3.8) is 0 Å². The van der Waals surface area contributed by atoms with E-state index in [1.807, 2.05) is 6.92 Å². The van der Waals surface area contributed by atoms with Gasteiger partial charge >= 0.3 is 5.97 Å². The van der Waals surface area contributed by atoms with Gasteiger partial charge in [0, 0.05) is 12.1 Å². The first-order valence-electron chi connectivity index (χ1n) is 12.7. The summed E-state index contributed by atoms with van der Waals surface area (Å²) in [6, 6.07) is 10.4. The zero-order valence-electron chi connectivity index (χ0n) is 20.9. The van der Waals surface area contributed by atoms with Crippen molar-refractivity contribution in [3.05, 3.63) is 48.0 Å². The Labute approximate surface area is 216 Å². The van der Waals surface area contributed by atoms with Gasteiger partial charge in [-0.15, -0.1) is 0 Å². The Hall–Kier alpha value is -3.27. The van der Waals surface area contributed by atoms with Crippen molar-refractivity contribution in [2.75, 3.05) is 17.9 Å². The number of fused-ring (bicyclic) bond motifs is 3. The highest BCUT2D eigenvalue weighted by Crippen LogP contribution is 2.49. The number of esters is 1. The molecule has 0 saturated heterocycles. The Bertz CT molecular complexity index is 1300. The molecule has 2 bridgehead atoms. The predicted octanol–water partition coefficient (Wildman–Crippen LogP) is 3.74. The van der Waals surface area contributed by atoms with Crippen LogP contribution in [-0.2, 0) is 19.6 Å². The Morgan fingerprint density at radius 1 is 1.00 bits per heavy atom. The summed E-state index contributed by atoms with van der Waals surface area (Å²) in [5, 5.41) is 3.01. The van der Waals surface area contributed by atoms with Gasteiger partial charge < -0.3 is 19.5 Å². The summed E-state index contributed by atoms with van der Waals surface area (Å²) < 4.78 is 45.0. The number of hydrogen-bond acceptors (Lipinski definition) is 7. The summed E-state index contributed by atoms with van der Waals surface area (Å²) in [7, 11) is -4.05. The van der Waals surface area contributed by atoms with Gasteiger partial charge in [-0.1, -0.05) is 18.6 Å². The number of amides is 1. The van der Waals surface area contributed by atoms with Crippen molar-refractivity contribution >= 4 is 27.6 Å². The SMILES string of the molecule is C[C@@H](OC(=O)c1ccccc1NS(=O)(=O)c1ccc2c(c1)OCCO2)C(=O)N[C@H](C)[C@@H]1C[C@@H]2CC[C@@H]1C2. The first-order valence-corrected chi connectivity index (χ1v) is 14.2. The van der Waals surface area contributed by atoms with E-state index in [0.717, 1.165) is 12.3 Å². The van der Waals surface area contributed by atoms with E-state index >= 15 is 0 Å². The van der Waals surface area contributed by atoms with Gasteiger partial charge in [-0.05, 0) is 75.1 Å². The number of ether oxygens (including phenoxy) is 3. The second kappa shape index (κ2) is 10.2. The van der Waals surface area contributed by atoms with Crippen molar-refractivity contribution in [1.29, 1.82) is 0 Å². The third-order valence-electron chi connectivity index (χ3n) is 7.67. The Balaban J connectivity index is 1.24. The third-order valence-corrected chi connectivity index (χ3v) is 9.04. The second-order valence-electron chi connectivity index (χ2n) is 10.1. The van der Waals surface area contributed by atoms with Crippen LogP contribution in [0.2, 0.25) is 0 Å². The summed E-state index contributed by atoms with van der Waals surface area (Å²) in [5.41, 5.74) is 0.0507. The number of sulfonamides is 1. The third kappa shape index (κ3) is 5.39. The van der Waals surface area contributed by atoms with Gasteiger partial charge in [-0.2, -0.15) is 0 Å². The molecule has 0 radical (unpaired) electrons. The number of carbonyl (C=O) groups is 2. The molecule has 1 amide bonds. The zero-order valence-corrected chi connectivity index (χ0v) is 21.8. The Kier molecular flexibility index (Phi) is 7.02. The topological polar surface area (TPSA) is 120 Å². The van der Waals surface area contributed by atoms with E-state index in [0.29, 0.717) is 36.5 Å². The molecular weight excluding hydrogens is 496 g/mol. The van der Waals surface area contributed by atoms with Crippen molar-refractivity contribution in [1.82, 2.24) is 5.32 Å². The highest BCUT2D eigenvalue weighted by molar-refractivity contribution is 7.92. The standard InChI is InChI=1S/C27H32N2O7S/c1-16(22-14-18-7-8-19(22)13-18)28-26(30)17(2)36-27(31)21-5-3-4-6-23(21)29-37(32,33)20-9-10-24-25(15-20)35-12-11-34-24/h3-6,9-10,15-19,22,29H,7-8,11-14H2,1-2H3,(H,28,30)/t16-,17-,18-,19-,22+/m1/s1. The number of benzene rings is 2. The molecule has 0 unspecified atom stereocenters. The van der Waals surface area contributed by atoms with Crippen LogP contribution < -0.4 is 19.5 Å². The fraction of sp³-hybridized carbons (Fsp3) is 0.481. The van der Waals surface area contributed by atoms with Crippen LogP contribution in [0.1, 0.15) is 49.9 Å². The summed E-state index contributed by atoms with van der Waals surface area (Å²) in [6.45, 7) is 4.25. The van der Waals surface area contributed by atoms with E-state index in [9.17, 15) is 18.0 Å². The number of para-hydroxylation sites is 1. The average Bonchev–Trinajstić information content (AvgIpc) is 3.52. The molecule has 2 aromatic rings. The summed E-state index contributed by atoms with van der Waals surface area (Å²) >= 11 is 0. The molecule has 10 heteroatoms. The average molecular weight is 529 g/mol. The van der Waals surface area contributed by atoms with Crippen LogP contribution in [0.3, 0.4) is 0 Å². The normalized spacial score (nSPS) is 23.7. The molecule has 5 rings (SSSR count). The van der Waals surface area contributed by atoms with E-state index in [1.165, 1.54) is 56.5 Å². The van der Waals surface area contributed by atoms with E-state index in [1.54, 1.807) is 12.1 Å². The summed E-state index contributed by atoms with van der Waals surface area (Å²) in [5.74, 6) is 1.53. The minimum absolute atomic E-state index is 0.00409. The maximum atomic E-state index is 13.1. The molecule has 9 nitrogen and oxygen atoms in total. The van der Waals surface area contributed by atoms with Crippen molar-refractivity contribution in [2.45, 2.75) is 56.6 Å². The Morgan fingerprint density at radius 2 is 1.76 bits per heavy atom. The molecule has 2 aliphatic carbocycles. The molecule has 1 heterocycles. The van der Waals surface area contributed by atoms with Gasteiger partial charge in [0.15, 0.2) is 17.6 Å². The smallest absolute Gasteiger partial charge is 0.341 e. The lowest BCUT2D eigenvalue weighted by Gasteiger charge is -2.29. The molecule has 2 saturated carbocycles. The second-order valence-corrected chi connectivity index (χ2v) is 11.8. The molecule has 0 spiro atoms. The van der Waals surface area contributed by atoms with Crippen LogP contribution in [0, 0.1) is 17.8 Å². The summed E-state index contributed by atoms with van der Waals surface area (Å²) in [4.78, 5) is 25.7. The maximum absolute atomic E-state index is 13.1. The van der Waals surface area contributed by atoms with E-state index in [-0.39, 0.29) is 28.1 Å². The van der Waals surface area contributed by atoms with Gasteiger partial charge in [-0.25, -0.2) is 13.2 Å². The van der Waals surface area contributed by atoms with Crippen molar-refractivity contribution in [3.8, 4) is 11.5 Å². The highest BCUT2D eigenvalue weighted by Gasteiger charge is 2.42. The van der Waals surface area contributed by atoms with E-state index in [2.05, 4.69) is 10.0 Å². The molecule has 198 valence electrons. The van der Waals surface area contributed by atoms with E-state index in [4.69, 9.17) is 14.2 Å². The van der Waals surface area contributed by atoms with E-state index < -0.39 is 22.1 Å². The van der Waals surface area contributed by atoms with Crippen LogP contribution in [0.15, 0.2) is 47.4 Å². The lowest BCUT2D eigenvalue weighted by molar-refractivity contribution is -0.130. The molecule has 3 aliphatic rings. The molecule has 1 aliphatic heterocycles. The number of hydrogen-bond donors (Lipinski definition) is 2. The molecule has 2 aromatic carbocycles. The van der Waals surface area contributed by atoms with Crippen LogP contribution in [0.4, 0.5) is 5.69 Å². The number of rotatable bonds is 8. The van der Waals surface area contributed by atoms with Crippen LogP contribution >= 0.6 is 0 Å². The van der Waals surface area contributed by atoms with Gasteiger partial charge in [0.25, 0.3) is 15.9 Å². The number of anilines is 1. The zero-order chi connectivity index (χ0) is 26.2. The number of carbonyl (C=O) groups excluding carboxylic acids is 2. The Morgan fingerprint density at radius 3 is 2.49 bits per heavy atom. The van der Waals surface area contributed by atoms with Gasteiger partial charge in [0.1, 0.15) is 13.2 Å². The lowest BCUT2D eigenvalue weighted by Crippen LogP contribution is -2.45. The van der Waals surface area contributed by atoms with Gasteiger partial charge in [0.2, 0.25) is 0 Å². The molecule has 2 fully saturated rings. The minimum Gasteiger partial charge on any atom is -0.486 e. The molecule has 2 N–H and O–H groups in total. The summed E-state index contributed by atoms with van der Waals surface area (Å²) in [6.07, 6.45) is 3.86. The quantitative estimate of drug-likeness (QED) is 0.501. The van der Waals surface area contributed by atoms with Crippen LogP contribution in [0.5, 0.6) is 11.5 Å². The predicted molar refractivity (Wildman–Crippen MR) is 136 cm³/mol. The molecule has 5 atom stereocenters. The largest absolute Gasteiger partial charge is 0.486 e. The first-order chi connectivity index (χ1) is 17.7. The molecule has 0 aromatic heterocycles. The molecular formula is C27H32N2O7S. The van der Waals surface area contributed by atoms with Crippen LogP contribution in [0.25, 0.3) is 0 Å². The van der Waals surface area contributed by atoms with Gasteiger partial charge in [0.05, 0.1) is 16.1 Å². The van der Waals surface area contributed by atoms with Crippen molar-refractivity contribution < 1.29 is 32.2 Å². The monoisotopic (exact) mass is 528 g/mol. The minimum atomic E-state index is -4.05.